The van der Waals surface area contributed by atoms with E-state index in [-0.39, 0.29) is 17.6 Å². The van der Waals surface area contributed by atoms with E-state index in [1.807, 2.05) is 26.0 Å². The van der Waals surface area contributed by atoms with Crippen LogP contribution >= 0.6 is 0 Å². The van der Waals surface area contributed by atoms with Gasteiger partial charge in [0.2, 0.25) is 5.91 Å². The third kappa shape index (κ3) is 4.05. The van der Waals surface area contributed by atoms with E-state index in [4.69, 9.17) is 4.42 Å². The van der Waals surface area contributed by atoms with E-state index in [0.29, 0.717) is 11.3 Å². The summed E-state index contributed by atoms with van der Waals surface area (Å²) in [5.74, 6) is 1.16. The first-order chi connectivity index (χ1) is 10.5. The Kier molecular flexibility index (Phi) is 4.73. The zero-order chi connectivity index (χ0) is 16.1. The summed E-state index contributed by atoms with van der Waals surface area (Å²) in [6.45, 7) is 3.65. The first-order valence-corrected chi connectivity index (χ1v) is 6.75. The predicted molar refractivity (Wildman–Crippen MR) is 82.1 cm³/mol. The molecule has 0 aliphatic rings. The lowest BCUT2D eigenvalue weighted by Crippen LogP contribution is -2.24. The summed E-state index contributed by atoms with van der Waals surface area (Å²) in [5.41, 5.74) is 0.577. The Labute approximate surface area is 127 Å². The highest BCUT2D eigenvalue weighted by atomic mass is 16.6. The topological polar surface area (TPSA) is 85.4 Å². The van der Waals surface area contributed by atoms with Crippen molar-refractivity contribution < 1.29 is 14.1 Å². The third-order valence-electron chi connectivity index (χ3n) is 3.05. The van der Waals surface area contributed by atoms with E-state index in [1.165, 1.54) is 24.3 Å². The van der Waals surface area contributed by atoms with Crippen LogP contribution in [0.5, 0.6) is 0 Å². The van der Waals surface area contributed by atoms with Gasteiger partial charge in [-0.15, -0.1) is 0 Å². The van der Waals surface area contributed by atoms with E-state index < -0.39 is 4.92 Å². The highest BCUT2D eigenvalue weighted by molar-refractivity contribution is 5.92. The number of carbonyl (C=O) groups excluding carboxylic acids is 1. The van der Waals surface area contributed by atoms with Crippen LogP contribution in [-0.4, -0.2) is 10.8 Å². The molecule has 2 rings (SSSR count). The minimum Gasteiger partial charge on any atom is -0.464 e. The van der Waals surface area contributed by atoms with Crippen LogP contribution in [0.15, 0.2) is 46.9 Å². The minimum absolute atomic E-state index is 0.0120. The SMILES string of the molecule is Cc1ccc(C(C)NC(=O)/C=C/c2cccc([N+](=O)[O-])c2)o1. The molecule has 1 unspecified atom stereocenters. The summed E-state index contributed by atoms with van der Waals surface area (Å²) in [7, 11) is 0. The fourth-order valence-electron chi connectivity index (χ4n) is 1.93. The van der Waals surface area contributed by atoms with Crippen molar-refractivity contribution in [1.29, 1.82) is 0 Å². The van der Waals surface area contributed by atoms with Gasteiger partial charge in [-0.1, -0.05) is 12.1 Å². The third-order valence-corrected chi connectivity index (χ3v) is 3.05. The normalized spacial score (nSPS) is 12.3. The lowest BCUT2D eigenvalue weighted by molar-refractivity contribution is -0.384. The molecule has 0 saturated carbocycles. The molecule has 0 aliphatic heterocycles. The van der Waals surface area contributed by atoms with Crippen LogP contribution in [0.1, 0.15) is 30.0 Å². The summed E-state index contributed by atoms with van der Waals surface area (Å²) in [5, 5.41) is 13.5. The largest absolute Gasteiger partial charge is 0.464 e. The predicted octanol–water partition coefficient (Wildman–Crippen LogP) is 3.39. The number of rotatable bonds is 5. The molecule has 114 valence electrons. The molecule has 0 saturated heterocycles. The van der Waals surface area contributed by atoms with Crippen molar-refractivity contribution in [3.63, 3.8) is 0 Å². The Morgan fingerprint density at radius 3 is 2.77 bits per heavy atom. The van der Waals surface area contributed by atoms with Gasteiger partial charge in [0.25, 0.3) is 5.69 Å². The number of nitrogens with one attached hydrogen (secondary N) is 1. The number of nitrogens with zero attached hydrogens (tertiary/aromatic N) is 1. The van der Waals surface area contributed by atoms with Crippen LogP contribution < -0.4 is 5.32 Å². The number of carbonyl (C=O) groups is 1. The summed E-state index contributed by atoms with van der Waals surface area (Å²) in [6, 6.07) is 9.46. The standard InChI is InChI=1S/C16H16N2O4/c1-11-6-8-15(22-11)12(2)17-16(19)9-7-13-4-3-5-14(10-13)18(20)21/h3-10,12H,1-2H3,(H,17,19)/b9-7+. The van der Waals surface area contributed by atoms with Crippen LogP contribution in [0.4, 0.5) is 5.69 Å². The highest BCUT2D eigenvalue weighted by Crippen LogP contribution is 2.16. The van der Waals surface area contributed by atoms with Crippen molar-refractivity contribution in [2.75, 3.05) is 0 Å². The zero-order valence-corrected chi connectivity index (χ0v) is 12.3. The number of non-ortho nitro benzene ring substituents is 1. The Morgan fingerprint density at radius 1 is 1.36 bits per heavy atom. The molecule has 6 heteroatoms. The lowest BCUT2D eigenvalue weighted by Gasteiger charge is -2.09. The van der Waals surface area contributed by atoms with Crippen molar-refractivity contribution in [1.82, 2.24) is 5.32 Å². The summed E-state index contributed by atoms with van der Waals surface area (Å²) >= 11 is 0. The van der Waals surface area contributed by atoms with Gasteiger partial charge in [0.05, 0.1) is 11.0 Å². The molecule has 0 bridgehead atoms. The van der Waals surface area contributed by atoms with Gasteiger partial charge in [0.1, 0.15) is 11.5 Å². The van der Waals surface area contributed by atoms with Crippen LogP contribution in [0.25, 0.3) is 6.08 Å². The highest BCUT2D eigenvalue weighted by Gasteiger charge is 2.11. The fraction of sp³-hybridized carbons (Fsp3) is 0.188. The molecule has 6 nitrogen and oxygen atoms in total. The maximum absolute atomic E-state index is 11.9. The fourth-order valence-corrected chi connectivity index (χ4v) is 1.93. The first kappa shape index (κ1) is 15.5. The second kappa shape index (κ2) is 6.71. The van der Waals surface area contributed by atoms with E-state index in [0.717, 1.165) is 5.76 Å². The van der Waals surface area contributed by atoms with Gasteiger partial charge < -0.3 is 9.73 Å². The molecule has 0 spiro atoms. The Morgan fingerprint density at radius 2 is 2.14 bits per heavy atom. The lowest BCUT2D eigenvalue weighted by atomic mass is 10.2. The zero-order valence-electron chi connectivity index (χ0n) is 12.3. The molecule has 1 aromatic carbocycles. The van der Waals surface area contributed by atoms with E-state index in [2.05, 4.69) is 5.32 Å². The molecule has 1 heterocycles. The van der Waals surface area contributed by atoms with Gasteiger partial charge in [-0.25, -0.2) is 0 Å². The minimum atomic E-state index is -0.473. The van der Waals surface area contributed by atoms with Crippen molar-refractivity contribution in [3.05, 3.63) is 69.7 Å². The summed E-state index contributed by atoms with van der Waals surface area (Å²) in [6.07, 6.45) is 2.87. The van der Waals surface area contributed by atoms with Gasteiger partial charge >= 0.3 is 0 Å². The Hall–Kier alpha value is -2.89. The average Bonchev–Trinajstić information content (AvgIpc) is 2.92. The van der Waals surface area contributed by atoms with E-state index in [1.54, 1.807) is 12.1 Å². The second-order valence-electron chi connectivity index (χ2n) is 4.86. The molecule has 22 heavy (non-hydrogen) atoms. The molecular weight excluding hydrogens is 284 g/mol. The van der Waals surface area contributed by atoms with Gasteiger partial charge in [-0.3, -0.25) is 14.9 Å². The smallest absolute Gasteiger partial charge is 0.270 e. The Balaban J connectivity index is 1.99. The number of hydrogen-bond donors (Lipinski definition) is 1. The molecule has 0 radical (unpaired) electrons. The molecule has 2 aromatic rings. The van der Waals surface area contributed by atoms with E-state index in [9.17, 15) is 14.9 Å². The average molecular weight is 300 g/mol. The van der Waals surface area contributed by atoms with Gasteiger partial charge in [0.15, 0.2) is 0 Å². The number of benzene rings is 1. The molecule has 0 aliphatic carbocycles. The summed E-state index contributed by atoms with van der Waals surface area (Å²) < 4.78 is 5.44. The molecule has 1 aromatic heterocycles. The van der Waals surface area contributed by atoms with Crippen LogP contribution in [0, 0.1) is 17.0 Å². The van der Waals surface area contributed by atoms with Gasteiger partial charge in [-0.05, 0) is 37.6 Å². The van der Waals surface area contributed by atoms with Crippen molar-refractivity contribution in [3.8, 4) is 0 Å². The summed E-state index contributed by atoms with van der Waals surface area (Å²) in [4.78, 5) is 22.1. The Bertz CT molecular complexity index is 718. The van der Waals surface area contributed by atoms with Crippen LogP contribution in [0.3, 0.4) is 0 Å². The van der Waals surface area contributed by atoms with E-state index >= 15 is 0 Å². The van der Waals surface area contributed by atoms with Crippen molar-refractivity contribution >= 4 is 17.7 Å². The monoisotopic (exact) mass is 300 g/mol. The molecule has 1 N–H and O–H groups in total. The number of aryl methyl sites for hydroxylation is 1. The maximum Gasteiger partial charge on any atom is 0.270 e. The van der Waals surface area contributed by atoms with Gasteiger partial charge in [0, 0.05) is 18.2 Å². The maximum atomic E-state index is 11.9. The van der Waals surface area contributed by atoms with Crippen molar-refractivity contribution in [2.45, 2.75) is 19.9 Å². The number of nitro benzene ring substituents is 1. The first-order valence-electron chi connectivity index (χ1n) is 6.75. The molecule has 1 amide bonds. The number of nitro groups is 1. The van der Waals surface area contributed by atoms with Crippen molar-refractivity contribution in [2.24, 2.45) is 0 Å². The number of furan rings is 1. The number of hydrogen-bond acceptors (Lipinski definition) is 4. The number of amides is 1. The van der Waals surface area contributed by atoms with Crippen LogP contribution in [0.2, 0.25) is 0 Å². The molecule has 1 atom stereocenters. The quantitative estimate of drug-likeness (QED) is 0.521. The van der Waals surface area contributed by atoms with Gasteiger partial charge in [-0.2, -0.15) is 0 Å². The van der Waals surface area contributed by atoms with Crippen LogP contribution in [-0.2, 0) is 4.79 Å². The second-order valence-corrected chi connectivity index (χ2v) is 4.86. The molecule has 0 fully saturated rings. The molecular formula is C16H16N2O4.